The van der Waals surface area contributed by atoms with E-state index in [-0.39, 0.29) is 18.5 Å². The fourth-order valence-electron chi connectivity index (χ4n) is 3.23. The molecule has 32 heavy (non-hydrogen) atoms. The van der Waals surface area contributed by atoms with Gasteiger partial charge in [0.05, 0.1) is 19.4 Å². The first kappa shape index (κ1) is 23.1. The standard InChI is InChI=1S/C25H29N3O4/c1-31-16-14-27(25(30)26-17-21-9-4-2-5-10-21)20-24(29)28(19-23-13-8-15-32-23)18-22-11-6-3-7-12-22/h2-13,15H,14,16-20H2,1H3,(H,26,30). The molecule has 0 saturated carbocycles. The molecule has 3 amide bonds. The van der Waals surface area contributed by atoms with Crippen LogP contribution in [-0.4, -0.2) is 48.5 Å². The van der Waals surface area contributed by atoms with Crippen molar-refractivity contribution < 1.29 is 18.7 Å². The van der Waals surface area contributed by atoms with Gasteiger partial charge in [0.2, 0.25) is 5.91 Å². The minimum atomic E-state index is -0.308. The smallest absolute Gasteiger partial charge is 0.318 e. The highest BCUT2D eigenvalue weighted by molar-refractivity contribution is 5.84. The largest absolute Gasteiger partial charge is 0.467 e. The molecule has 0 bridgehead atoms. The summed E-state index contributed by atoms with van der Waals surface area (Å²) in [7, 11) is 1.57. The summed E-state index contributed by atoms with van der Waals surface area (Å²) in [4.78, 5) is 29.2. The van der Waals surface area contributed by atoms with Crippen molar-refractivity contribution in [3.8, 4) is 0 Å². The van der Waals surface area contributed by atoms with Gasteiger partial charge < -0.3 is 24.3 Å². The van der Waals surface area contributed by atoms with Gasteiger partial charge in [-0.15, -0.1) is 0 Å². The molecular weight excluding hydrogens is 406 g/mol. The van der Waals surface area contributed by atoms with E-state index in [0.29, 0.717) is 38.5 Å². The fourth-order valence-corrected chi connectivity index (χ4v) is 3.23. The van der Waals surface area contributed by atoms with E-state index in [9.17, 15) is 9.59 Å². The number of carbonyl (C=O) groups is 2. The lowest BCUT2D eigenvalue weighted by Crippen LogP contribution is -2.47. The van der Waals surface area contributed by atoms with Gasteiger partial charge >= 0.3 is 6.03 Å². The summed E-state index contributed by atoms with van der Waals surface area (Å²) in [5, 5.41) is 2.89. The van der Waals surface area contributed by atoms with Gasteiger partial charge in [-0.25, -0.2) is 4.79 Å². The third kappa shape index (κ3) is 7.28. The number of urea groups is 1. The molecule has 7 nitrogen and oxygen atoms in total. The third-order valence-corrected chi connectivity index (χ3v) is 4.96. The van der Waals surface area contributed by atoms with Gasteiger partial charge in [-0.05, 0) is 23.3 Å². The van der Waals surface area contributed by atoms with E-state index in [0.717, 1.165) is 11.1 Å². The summed E-state index contributed by atoms with van der Waals surface area (Å²) in [6.07, 6.45) is 1.59. The van der Waals surface area contributed by atoms with Crippen LogP contribution in [0.3, 0.4) is 0 Å². The first-order chi connectivity index (χ1) is 15.7. The van der Waals surface area contributed by atoms with E-state index in [2.05, 4.69) is 5.32 Å². The zero-order valence-electron chi connectivity index (χ0n) is 18.3. The molecule has 2 aromatic carbocycles. The molecule has 168 valence electrons. The highest BCUT2D eigenvalue weighted by Crippen LogP contribution is 2.12. The molecule has 1 heterocycles. The monoisotopic (exact) mass is 435 g/mol. The zero-order chi connectivity index (χ0) is 22.6. The average Bonchev–Trinajstić information content (AvgIpc) is 3.34. The lowest BCUT2D eigenvalue weighted by Gasteiger charge is -2.27. The van der Waals surface area contributed by atoms with E-state index in [1.54, 1.807) is 24.3 Å². The minimum Gasteiger partial charge on any atom is -0.467 e. The number of nitrogens with one attached hydrogen (secondary N) is 1. The molecular formula is C25H29N3O4. The van der Waals surface area contributed by atoms with Gasteiger partial charge in [0.25, 0.3) is 0 Å². The quantitative estimate of drug-likeness (QED) is 0.499. The molecule has 0 aliphatic carbocycles. The van der Waals surface area contributed by atoms with Crippen LogP contribution in [0, 0.1) is 0 Å². The Morgan fingerprint density at radius 2 is 1.56 bits per heavy atom. The van der Waals surface area contributed by atoms with Crippen molar-refractivity contribution in [3.63, 3.8) is 0 Å². The summed E-state index contributed by atoms with van der Waals surface area (Å²) in [5.74, 6) is 0.516. The summed E-state index contributed by atoms with van der Waals surface area (Å²) in [6.45, 7) is 1.72. The maximum Gasteiger partial charge on any atom is 0.318 e. The molecule has 3 rings (SSSR count). The van der Waals surface area contributed by atoms with Gasteiger partial charge in [0, 0.05) is 26.7 Å². The number of amides is 3. The molecule has 0 atom stereocenters. The average molecular weight is 436 g/mol. The van der Waals surface area contributed by atoms with Crippen molar-refractivity contribution in [2.24, 2.45) is 0 Å². The number of carbonyl (C=O) groups excluding carboxylic acids is 2. The van der Waals surface area contributed by atoms with Crippen LogP contribution in [0.25, 0.3) is 0 Å². The first-order valence-electron chi connectivity index (χ1n) is 10.6. The van der Waals surface area contributed by atoms with Crippen LogP contribution in [0.2, 0.25) is 0 Å². The van der Waals surface area contributed by atoms with Crippen LogP contribution >= 0.6 is 0 Å². The van der Waals surface area contributed by atoms with Crippen molar-refractivity contribution in [3.05, 3.63) is 95.9 Å². The van der Waals surface area contributed by atoms with E-state index < -0.39 is 0 Å². The Labute approximate surface area is 188 Å². The number of hydrogen-bond donors (Lipinski definition) is 1. The number of ether oxygens (including phenoxy) is 1. The Morgan fingerprint density at radius 1 is 0.875 bits per heavy atom. The Balaban J connectivity index is 1.67. The predicted octanol–water partition coefficient (Wildman–Crippen LogP) is 3.67. The highest BCUT2D eigenvalue weighted by Gasteiger charge is 2.22. The van der Waals surface area contributed by atoms with Gasteiger partial charge in [0.1, 0.15) is 12.3 Å². The van der Waals surface area contributed by atoms with E-state index in [1.807, 2.05) is 66.7 Å². The van der Waals surface area contributed by atoms with Crippen LogP contribution in [0.1, 0.15) is 16.9 Å². The molecule has 0 saturated heterocycles. The normalized spacial score (nSPS) is 10.5. The van der Waals surface area contributed by atoms with Gasteiger partial charge in [-0.3, -0.25) is 4.79 Å². The second-order valence-corrected chi connectivity index (χ2v) is 7.37. The highest BCUT2D eigenvalue weighted by atomic mass is 16.5. The summed E-state index contributed by atoms with van der Waals surface area (Å²) in [6, 6.07) is 22.7. The maximum atomic E-state index is 13.2. The molecule has 0 unspecified atom stereocenters. The van der Waals surface area contributed by atoms with Crippen LogP contribution in [0.5, 0.6) is 0 Å². The topological polar surface area (TPSA) is 75.0 Å². The Bertz CT molecular complexity index is 946. The molecule has 1 N–H and O–H groups in total. The van der Waals surface area contributed by atoms with Crippen LogP contribution in [-0.2, 0) is 29.2 Å². The summed E-state index contributed by atoms with van der Waals surface area (Å²) < 4.78 is 10.6. The summed E-state index contributed by atoms with van der Waals surface area (Å²) in [5.41, 5.74) is 1.99. The second kappa shape index (κ2) is 12.3. The van der Waals surface area contributed by atoms with Gasteiger partial charge in [-0.1, -0.05) is 60.7 Å². The molecule has 7 heteroatoms. The SMILES string of the molecule is COCCN(CC(=O)N(Cc1ccccc1)Cc1ccco1)C(=O)NCc1ccccc1. The van der Waals surface area contributed by atoms with Crippen LogP contribution in [0.4, 0.5) is 4.79 Å². The fraction of sp³-hybridized carbons (Fsp3) is 0.280. The molecule has 0 spiro atoms. The Hall–Kier alpha value is -3.58. The third-order valence-electron chi connectivity index (χ3n) is 4.96. The van der Waals surface area contributed by atoms with Crippen molar-refractivity contribution in [1.82, 2.24) is 15.1 Å². The molecule has 0 aliphatic rings. The molecule has 0 radical (unpaired) electrons. The van der Waals surface area contributed by atoms with Crippen molar-refractivity contribution in [1.29, 1.82) is 0 Å². The first-order valence-corrected chi connectivity index (χ1v) is 10.6. The Morgan fingerprint density at radius 3 is 2.19 bits per heavy atom. The number of nitrogens with zero attached hydrogens (tertiary/aromatic N) is 2. The maximum absolute atomic E-state index is 13.2. The van der Waals surface area contributed by atoms with Crippen LogP contribution < -0.4 is 5.32 Å². The van der Waals surface area contributed by atoms with Gasteiger partial charge in [0.15, 0.2) is 0 Å². The van der Waals surface area contributed by atoms with Crippen molar-refractivity contribution >= 4 is 11.9 Å². The van der Waals surface area contributed by atoms with Gasteiger partial charge in [-0.2, -0.15) is 0 Å². The van der Waals surface area contributed by atoms with E-state index >= 15 is 0 Å². The number of benzene rings is 2. The lowest BCUT2D eigenvalue weighted by molar-refractivity contribution is -0.133. The van der Waals surface area contributed by atoms with Crippen molar-refractivity contribution in [2.75, 3.05) is 26.8 Å². The van der Waals surface area contributed by atoms with E-state index in [1.165, 1.54) is 4.90 Å². The summed E-state index contributed by atoms with van der Waals surface area (Å²) >= 11 is 0. The second-order valence-electron chi connectivity index (χ2n) is 7.37. The van der Waals surface area contributed by atoms with Crippen molar-refractivity contribution in [2.45, 2.75) is 19.6 Å². The number of methoxy groups -OCH3 is 1. The predicted molar refractivity (Wildman–Crippen MR) is 122 cm³/mol. The lowest BCUT2D eigenvalue weighted by atomic mass is 10.2. The minimum absolute atomic E-state index is 0.0580. The number of furan rings is 1. The number of rotatable bonds is 11. The van der Waals surface area contributed by atoms with Crippen LogP contribution in [0.15, 0.2) is 83.5 Å². The molecule has 0 fully saturated rings. The Kier molecular flexibility index (Phi) is 8.89. The molecule has 3 aromatic rings. The molecule has 0 aliphatic heterocycles. The zero-order valence-corrected chi connectivity index (χ0v) is 18.3. The number of hydrogen-bond acceptors (Lipinski definition) is 4. The van der Waals surface area contributed by atoms with E-state index in [4.69, 9.17) is 9.15 Å². The molecule has 1 aromatic heterocycles.